The fraction of sp³-hybridized carbons (Fsp3) is 0.556. The summed E-state index contributed by atoms with van der Waals surface area (Å²) in [5.41, 5.74) is -0.118. The standard InChI is InChI=1S/C9H12N2O2/c1-13-8(6-2-3-6)9-10-5-4-7(12)11-9/h4-6,8H,2-3H2,1H3,(H,10,11,12). The number of ether oxygens (including phenoxy) is 1. The number of hydrogen-bond donors (Lipinski definition) is 1. The summed E-state index contributed by atoms with van der Waals surface area (Å²) in [5, 5.41) is 0. The molecular formula is C9H12N2O2. The van der Waals surface area contributed by atoms with E-state index in [1.165, 1.54) is 12.3 Å². The lowest BCUT2D eigenvalue weighted by Crippen LogP contribution is -2.15. The molecule has 1 aromatic rings. The highest BCUT2D eigenvalue weighted by Gasteiger charge is 2.33. The summed E-state index contributed by atoms with van der Waals surface area (Å²) in [6, 6.07) is 1.41. The highest BCUT2D eigenvalue weighted by Crippen LogP contribution is 2.41. The first-order valence-corrected chi connectivity index (χ1v) is 4.39. The summed E-state index contributed by atoms with van der Waals surface area (Å²) in [4.78, 5) is 17.8. The van der Waals surface area contributed by atoms with E-state index >= 15 is 0 Å². The molecular weight excluding hydrogens is 168 g/mol. The molecule has 4 nitrogen and oxygen atoms in total. The van der Waals surface area contributed by atoms with Crippen LogP contribution < -0.4 is 5.56 Å². The maximum atomic E-state index is 11.0. The van der Waals surface area contributed by atoms with Gasteiger partial charge in [-0.15, -0.1) is 0 Å². The number of aromatic amines is 1. The van der Waals surface area contributed by atoms with Gasteiger partial charge in [-0.3, -0.25) is 4.79 Å². The summed E-state index contributed by atoms with van der Waals surface area (Å²) < 4.78 is 5.28. The lowest BCUT2D eigenvalue weighted by atomic mass is 10.2. The molecule has 0 spiro atoms. The van der Waals surface area contributed by atoms with Gasteiger partial charge in [0.05, 0.1) is 0 Å². The second-order valence-corrected chi connectivity index (χ2v) is 3.31. The molecule has 1 heterocycles. The molecule has 0 saturated heterocycles. The van der Waals surface area contributed by atoms with E-state index in [0.717, 1.165) is 12.8 Å². The molecule has 0 amide bonds. The summed E-state index contributed by atoms with van der Waals surface area (Å²) in [5.74, 6) is 1.19. The molecule has 0 aromatic carbocycles. The monoisotopic (exact) mass is 180 g/mol. The maximum absolute atomic E-state index is 11.0. The van der Waals surface area contributed by atoms with Crippen LogP contribution in [0.5, 0.6) is 0 Å². The Morgan fingerprint density at radius 1 is 1.69 bits per heavy atom. The fourth-order valence-electron chi connectivity index (χ4n) is 1.46. The Morgan fingerprint density at radius 2 is 2.46 bits per heavy atom. The Balaban J connectivity index is 2.26. The number of H-pyrrole nitrogens is 1. The van der Waals surface area contributed by atoms with Crippen molar-refractivity contribution < 1.29 is 4.74 Å². The Labute approximate surface area is 76.0 Å². The average molecular weight is 180 g/mol. The smallest absolute Gasteiger partial charge is 0.250 e. The molecule has 1 aromatic heterocycles. The zero-order valence-electron chi connectivity index (χ0n) is 7.49. The molecule has 13 heavy (non-hydrogen) atoms. The van der Waals surface area contributed by atoms with Gasteiger partial charge in [-0.2, -0.15) is 0 Å². The third kappa shape index (κ3) is 1.78. The van der Waals surface area contributed by atoms with Crippen molar-refractivity contribution in [2.24, 2.45) is 5.92 Å². The number of methoxy groups -OCH3 is 1. The molecule has 1 atom stereocenters. The van der Waals surface area contributed by atoms with Crippen molar-refractivity contribution in [1.29, 1.82) is 0 Å². The van der Waals surface area contributed by atoms with Gasteiger partial charge in [-0.05, 0) is 18.8 Å². The quantitative estimate of drug-likeness (QED) is 0.750. The predicted octanol–water partition coefficient (Wildman–Crippen LogP) is 0.867. The van der Waals surface area contributed by atoms with Gasteiger partial charge in [0, 0.05) is 19.4 Å². The molecule has 1 unspecified atom stereocenters. The number of rotatable bonds is 3. The molecule has 1 fully saturated rings. The van der Waals surface area contributed by atoms with Crippen LogP contribution in [0.1, 0.15) is 24.8 Å². The second kappa shape index (κ2) is 3.30. The largest absolute Gasteiger partial charge is 0.373 e. The normalized spacial score (nSPS) is 18.5. The van der Waals surface area contributed by atoms with E-state index in [2.05, 4.69) is 9.97 Å². The minimum atomic E-state index is -0.118. The van der Waals surface area contributed by atoms with Gasteiger partial charge < -0.3 is 9.72 Å². The van der Waals surface area contributed by atoms with Gasteiger partial charge in [0.1, 0.15) is 11.9 Å². The van der Waals surface area contributed by atoms with Crippen LogP contribution in [0.4, 0.5) is 0 Å². The molecule has 1 saturated carbocycles. The van der Waals surface area contributed by atoms with Crippen LogP contribution in [0.3, 0.4) is 0 Å². The van der Waals surface area contributed by atoms with Gasteiger partial charge in [0.25, 0.3) is 5.56 Å². The van der Waals surface area contributed by atoms with Crippen molar-refractivity contribution in [2.45, 2.75) is 18.9 Å². The van der Waals surface area contributed by atoms with E-state index in [1.807, 2.05) is 0 Å². The van der Waals surface area contributed by atoms with E-state index < -0.39 is 0 Å². The van der Waals surface area contributed by atoms with Gasteiger partial charge in [0.2, 0.25) is 0 Å². The first-order chi connectivity index (χ1) is 6.31. The van der Waals surface area contributed by atoms with Gasteiger partial charge >= 0.3 is 0 Å². The van der Waals surface area contributed by atoms with Crippen LogP contribution >= 0.6 is 0 Å². The molecule has 0 bridgehead atoms. The molecule has 0 radical (unpaired) electrons. The van der Waals surface area contributed by atoms with Crippen molar-refractivity contribution in [1.82, 2.24) is 9.97 Å². The third-order valence-electron chi connectivity index (χ3n) is 2.26. The summed E-state index contributed by atoms with van der Waals surface area (Å²) in [6.07, 6.45) is 3.81. The van der Waals surface area contributed by atoms with Crippen LogP contribution in [-0.4, -0.2) is 17.1 Å². The van der Waals surface area contributed by atoms with Crippen molar-refractivity contribution in [3.8, 4) is 0 Å². The highest BCUT2D eigenvalue weighted by atomic mass is 16.5. The van der Waals surface area contributed by atoms with E-state index in [1.54, 1.807) is 7.11 Å². The topological polar surface area (TPSA) is 55.0 Å². The van der Waals surface area contributed by atoms with E-state index in [-0.39, 0.29) is 11.7 Å². The first kappa shape index (κ1) is 8.44. The second-order valence-electron chi connectivity index (χ2n) is 3.31. The summed E-state index contributed by atoms with van der Waals surface area (Å²) in [7, 11) is 1.65. The maximum Gasteiger partial charge on any atom is 0.250 e. The fourth-order valence-corrected chi connectivity index (χ4v) is 1.46. The highest BCUT2D eigenvalue weighted by molar-refractivity contribution is 4.99. The van der Waals surface area contributed by atoms with Crippen molar-refractivity contribution in [3.05, 3.63) is 28.4 Å². The average Bonchev–Trinajstić information content (AvgIpc) is 2.90. The minimum absolute atomic E-state index is 0.0334. The SMILES string of the molecule is COC(c1nccc(=O)[nH]1)C1CC1. The first-order valence-electron chi connectivity index (χ1n) is 4.39. The van der Waals surface area contributed by atoms with E-state index in [9.17, 15) is 4.79 Å². The number of aromatic nitrogens is 2. The minimum Gasteiger partial charge on any atom is -0.373 e. The number of nitrogens with zero attached hydrogens (tertiary/aromatic N) is 1. The summed E-state index contributed by atoms with van der Waals surface area (Å²) >= 11 is 0. The van der Waals surface area contributed by atoms with Crippen molar-refractivity contribution >= 4 is 0 Å². The van der Waals surface area contributed by atoms with Crippen LogP contribution in [0.2, 0.25) is 0 Å². The Hall–Kier alpha value is -1.16. The zero-order chi connectivity index (χ0) is 9.26. The summed E-state index contributed by atoms with van der Waals surface area (Å²) in [6.45, 7) is 0. The zero-order valence-corrected chi connectivity index (χ0v) is 7.49. The van der Waals surface area contributed by atoms with Crippen LogP contribution in [0.15, 0.2) is 17.1 Å². The molecule has 4 heteroatoms. The lowest BCUT2D eigenvalue weighted by molar-refractivity contribution is 0.0770. The molecule has 1 aliphatic carbocycles. The van der Waals surface area contributed by atoms with Crippen LogP contribution in [0.25, 0.3) is 0 Å². The van der Waals surface area contributed by atoms with E-state index in [0.29, 0.717) is 11.7 Å². The number of nitrogens with one attached hydrogen (secondary N) is 1. The predicted molar refractivity (Wildman–Crippen MR) is 47.3 cm³/mol. The van der Waals surface area contributed by atoms with E-state index in [4.69, 9.17) is 4.74 Å². The van der Waals surface area contributed by atoms with Gasteiger partial charge in [-0.1, -0.05) is 0 Å². The third-order valence-corrected chi connectivity index (χ3v) is 2.26. The number of hydrogen-bond acceptors (Lipinski definition) is 3. The molecule has 1 N–H and O–H groups in total. The Morgan fingerprint density at radius 3 is 3.00 bits per heavy atom. The lowest BCUT2D eigenvalue weighted by Gasteiger charge is -2.12. The van der Waals surface area contributed by atoms with Gasteiger partial charge in [-0.25, -0.2) is 4.98 Å². The van der Waals surface area contributed by atoms with Crippen LogP contribution in [0, 0.1) is 5.92 Å². The molecule has 1 aliphatic rings. The molecule has 0 aliphatic heterocycles. The van der Waals surface area contributed by atoms with Crippen molar-refractivity contribution in [2.75, 3.05) is 7.11 Å². The molecule has 2 rings (SSSR count). The Kier molecular flexibility index (Phi) is 2.14. The molecule has 70 valence electrons. The van der Waals surface area contributed by atoms with Crippen LogP contribution in [-0.2, 0) is 4.74 Å². The van der Waals surface area contributed by atoms with Gasteiger partial charge in [0.15, 0.2) is 0 Å². The van der Waals surface area contributed by atoms with Crippen molar-refractivity contribution in [3.63, 3.8) is 0 Å². The Bertz CT molecular complexity index is 343.